The highest BCUT2D eigenvalue weighted by molar-refractivity contribution is 5.97. The molecule has 2 aromatic heterocycles. The van der Waals surface area contributed by atoms with Crippen molar-refractivity contribution in [1.29, 1.82) is 0 Å². The molecule has 3 aliphatic heterocycles. The van der Waals surface area contributed by atoms with Gasteiger partial charge in [-0.05, 0) is 63.5 Å². The maximum Gasteiger partial charge on any atom is 0.258 e. The van der Waals surface area contributed by atoms with E-state index in [-0.39, 0.29) is 11.9 Å². The van der Waals surface area contributed by atoms with Crippen LogP contribution in [-0.2, 0) is 0 Å². The van der Waals surface area contributed by atoms with Gasteiger partial charge in [0, 0.05) is 65.0 Å². The second-order valence-corrected chi connectivity index (χ2v) is 12.2. The maximum absolute atomic E-state index is 14.2. The van der Waals surface area contributed by atoms with Gasteiger partial charge in [-0.1, -0.05) is 11.6 Å². The average Bonchev–Trinajstić information content (AvgIpc) is 3.64. The second kappa shape index (κ2) is 10.6. The van der Waals surface area contributed by atoms with Crippen molar-refractivity contribution in [3.05, 3.63) is 47.2 Å². The van der Waals surface area contributed by atoms with Crippen molar-refractivity contribution in [2.24, 2.45) is 5.92 Å². The lowest BCUT2D eigenvalue weighted by atomic mass is 9.97. The van der Waals surface area contributed by atoms with Crippen LogP contribution in [0.15, 0.2) is 30.3 Å². The Morgan fingerprint density at radius 2 is 1.82 bits per heavy atom. The Kier molecular flexibility index (Phi) is 6.78. The summed E-state index contributed by atoms with van der Waals surface area (Å²) in [6.07, 6.45) is 6.83. The van der Waals surface area contributed by atoms with Crippen molar-refractivity contribution in [2.75, 3.05) is 69.3 Å². The minimum absolute atomic E-state index is 0.0361. The van der Waals surface area contributed by atoms with Crippen molar-refractivity contribution in [1.82, 2.24) is 24.4 Å². The molecule has 7 rings (SSSR count). The number of amides is 1. The normalized spacial score (nSPS) is 22.7. The summed E-state index contributed by atoms with van der Waals surface area (Å²) in [5.41, 5.74) is 3.51. The van der Waals surface area contributed by atoms with E-state index in [0.717, 1.165) is 99.5 Å². The maximum atomic E-state index is 14.2. The molecule has 1 amide bonds. The van der Waals surface area contributed by atoms with Crippen molar-refractivity contribution in [3.8, 4) is 5.75 Å². The van der Waals surface area contributed by atoms with E-state index in [1.54, 1.807) is 0 Å². The third-order valence-corrected chi connectivity index (χ3v) is 9.09. The van der Waals surface area contributed by atoms with E-state index in [4.69, 9.17) is 14.8 Å². The number of piperidine rings is 1. The minimum Gasteiger partial charge on any atom is -0.491 e. The Morgan fingerprint density at radius 1 is 0.950 bits per heavy atom. The molecule has 40 heavy (non-hydrogen) atoms. The van der Waals surface area contributed by atoms with Gasteiger partial charge in [-0.15, -0.1) is 0 Å². The molecule has 0 radical (unpaired) electrons. The van der Waals surface area contributed by atoms with Crippen LogP contribution in [-0.4, -0.2) is 89.8 Å². The number of anilines is 2. The number of hydrogen-bond donors (Lipinski definition) is 0. The molecule has 2 saturated heterocycles. The Bertz CT molecular complexity index is 1400. The monoisotopic (exact) mass is 543 g/mol. The van der Waals surface area contributed by atoms with E-state index < -0.39 is 0 Å². The number of benzene rings is 1. The number of fused-ring (bicyclic) bond motifs is 4. The predicted molar refractivity (Wildman–Crippen MR) is 157 cm³/mol. The Hall–Kier alpha value is -3.33. The number of nitrogens with zero attached hydrogens (tertiary/aromatic N) is 7. The molecule has 0 spiro atoms. The lowest BCUT2D eigenvalue weighted by Gasteiger charge is -2.35. The van der Waals surface area contributed by atoms with Gasteiger partial charge in [-0.2, -0.15) is 9.61 Å². The zero-order valence-corrected chi connectivity index (χ0v) is 23.9. The quantitative estimate of drug-likeness (QED) is 0.492. The molecule has 4 aliphatic rings. The van der Waals surface area contributed by atoms with Crippen LogP contribution in [0.1, 0.15) is 66.2 Å². The topological polar surface area (TPSA) is 69.5 Å². The molecular formula is C31H41N7O2. The Morgan fingerprint density at radius 3 is 2.62 bits per heavy atom. The number of likely N-dealkylation sites (N-methyl/N-ethyl adjacent to an activating group) is 1. The molecule has 1 atom stereocenters. The second-order valence-electron chi connectivity index (χ2n) is 12.2. The number of hydrogen-bond acceptors (Lipinski definition) is 7. The van der Waals surface area contributed by atoms with Crippen LogP contribution in [0.2, 0.25) is 0 Å². The minimum atomic E-state index is -0.0798. The summed E-state index contributed by atoms with van der Waals surface area (Å²) in [5.74, 6) is 3.60. The molecule has 3 fully saturated rings. The molecule has 1 unspecified atom stereocenters. The molecule has 212 valence electrons. The largest absolute Gasteiger partial charge is 0.491 e. The summed E-state index contributed by atoms with van der Waals surface area (Å²) in [5, 5.41) is 5.14. The zero-order valence-electron chi connectivity index (χ0n) is 23.9. The summed E-state index contributed by atoms with van der Waals surface area (Å²) in [6.45, 7) is 9.21. The number of aromatic nitrogens is 3. The lowest BCUT2D eigenvalue weighted by molar-refractivity contribution is 0.0600. The first-order valence-electron chi connectivity index (χ1n) is 15.2. The van der Waals surface area contributed by atoms with E-state index in [1.165, 1.54) is 19.3 Å². The fourth-order valence-electron chi connectivity index (χ4n) is 6.33. The number of carbonyl (C=O) groups is 1. The smallest absolute Gasteiger partial charge is 0.258 e. The lowest BCUT2D eigenvalue weighted by Crippen LogP contribution is -2.40. The van der Waals surface area contributed by atoms with Crippen LogP contribution in [0.5, 0.6) is 5.75 Å². The summed E-state index contributed by atoms with van der Waals surface area (Å²) >= 11 is 0. The van der Waals surface area contributed by atoms with Crippen LogP contribution in [0.25, 0.3) is 5.65 Å². The first-order chi connectivity index (χ1) is 19.5. The molecule has 9 heteroatoms. The predicted octanol–water partition coefficient (Wildman–Crippen LogP) is 4.16. The van der Waals surface area contributed by atoms with Gasteiger partial charge in [0.05, 0.1) is 17.3 Å². The van der Waals surface area contributed by atoms with Crippen molar-refractivity contribution < 1.29 is 9.53 Å². The van der Waals surface area contributed by atoms with Gasteiger partial charge < -0.3 is 19.4 Å². The highest BCUT2D eigenvalue weighted by Crippen LogP contribution is 2.35. The number of aryl methyl sites for hydroxylation is 1. The number of rotatable bonds is 3. The third kappa shape index (κ3) is 5.00. The first-order valence-corrected chi connectivity index (χ1v) is 15.2. The van der Waals surface area contributed by atoms with Crippen LogP contribution in [0, 0.1) is 12.8 Å². The van der Waals surface area contributed by atoms with Gasteiger partial charge in [-0.3, -0.25) is 9.69 Å². The molecule has 1 aromatic carbocycles. The van der Waals surface area contributed by atoms with Gasteiger partial charge >= 0.3 is 0 Å². The average molecular weight is 544 g/mol. The van der Waals surface area contributed by atoms with Gasteiger partial charge in [0.25, 0.3) is 5.91 Å². The molecule has 5 heterocycles. The number of carbonyl (C=O) groups excluding carboxylic acids is 1. The van der Waals surface area contributed by atoms with Gasteiger partial charge in [0.2, 0.25) is 0 Å². The standard InChI is InChI=1S/C31H41N7O2/c1-22-7-10-27-24(18-22)31(39)37-13-4-3-6-26(37)25-19-29-32-28(36-11-5-12-36)20-30(38(29)33-25)34(2)14-15-35(16-17-40-27)21-23-8-9-23/h7,10,18-20,23,26H,3-6,8-9,11-17,21H2,1-2H3. The molecule has 1 saturated carbocycles. The van der Waals surface area contributed by atoms with Crippen molar-refractivity contribution >= 4 is 23.2 Å². The van der Waals surface area contributed by atoms with E-state index in [0.29, 0.717) is 17.9 Å². The van der Waals surface area contributed by atoms with Crippen LogP contribution in [0.3, 0.4) is 0 Å². The summed E-state index contributed by atoms with van der Waals surface area (Å²) < 4.78 is 8.36. The van der Waals surface area contributed by atoms with Gasteiger partial charge in [0.1, 0.15) is 24.0 Å². The fourth-order valence-corrected chi connectivity index (χ4v) is 6.33. The van der Waals surface area contributed by atoms with Crippen LogP contribution in [0.4, 0.5) is 11.6 Å². The van der Waals surface area contributed by atoms with Gasteiger partial charge in [-0.25, -0.2) is 4.98 Å². The molecule has 0 N–H and O–H groups in total. The molecule has 2 bridgehead atoms. The van der Waals surface area contributed by atoms with E-state index in [1.807, 2.05) is 34.5 Å². The van der Waals surface area contributed by atoms with Gasteiger partial charge in [0.15, 0.2) is 5.65 Å². The van der Waals surface area contributed by atoms with Crippen LogP contribution >= 0.6 is 0 Å². The highest BCUT2D eigenvalue weighted by atomic mass is 16.5. The highest BCUT2D eigenvalue weighted by Gasteiger charge is 2.33. The first kappa shape index (κ1) is 25.6. The molecule has 9 nitrogen and oxygen atoms in total. The molecule has 1 aliphatic carbocycles. The SMILES string of the molecule is Cc1ccc2c(c1)C(=O)N1CCCCC1c1cc3nc(N4CCC4)cc(n3n1)N(C)CCN(CC1CC1)CCO2. The Balaban J connectivity index is 1.32. The molecular weight excluding hydrogens is 502 g/mol. The fraction of sp³-hybridized carbons (Fsp3) is 0.581. The summed E-state index contributed by atoms with van der Waals surface area (Å²) in [4.78, 5) is 28.4. The number of ether oxygens (including phenoxy) is 1. The van der Waals surface area contributed by atoms with E-state index >= 15 is 0 Å². The van der Waals surface area contributed by atoms with Crippen molar-refractivity contribution in [3.63, 3.8) is 0 Å². The van der Waals surface area contributed by atoms with E-state index in [9.17, 15) is 4.79 Å². The summed E-state index contributed by atoms with van der Waals surface area (Å²) in [7, 11) is 2.17. The summed E-state index contributed by atoms with van der Waals surface area (Å²) in [6, 6.07) is 10.2. The van der Waals surface area contributed by atoms with Crippen molar-refractivity contribution in [2.45, 2.75) is 51.5 Å². The van der Waals surface area contributed by atoms with Crippen LogP contribution < -0.4 is 14.5 Å². The third-order valence-electron chi connectivity index (χ3n) is 9.09. The van der Waals surface area contributed by atoms with E-state index in [2.05, 4.69) is 33.9 Å². The molecule has 3 aromatic rings. The Labute approximate surface area is 236 Å². The zero-order chi connectivity index (χ0) is 27.2.